The van der Waals surface area contributed by atoms with Gasteiger partial charge in [0.1, 0.15) is 18.5 Å². The summed E-state index contributed by atoms with van der Waals surface area (Å²) in [6.45, 7) is 0.660. The zero-order valence-electron chi connectivity index (χ0n) is 11.0. The Morgan fingerprint density at radius 1 is 1.05 bits per heavy atom. The lowest BCUT2D eigenvalue weighted by atomic mass is 10.0. The number of aliphatic hydroxyl groups is 1. The van der Waals surface area contributed by atoms with Crippen molar-refractivity contribution in [2.45, 2.75) is 31.8 Å². The zero-order chi connectivity index (χ0) is 16.3. The van der Waals surface area contributed by atoms with Gasteiger partial charge in [-0.1, -0.05) is 25.1 Å². The van der Waals surface area contributed by atoms with Crippen LogP contribution in [0.3, 0.4) is 0 Å². The Labute approximate surface area is 117 Å². The minimum atomic E-state index is -5.59. The van der Waals surface area contributed by atoms with E-state index in [0.29, 0.717) is 12.0 Å². The molecule has 8 heteroatoms. The molecule has 120 valence electrons. The van der Waals surface area contributed by atoms with Crippen molar-refractivity contribution >= 4 is 0 Å². The highest BCUT2D eigenvalue weighted by atomic mass is 19.4. The largest absolute Gasteiger partial charge is 0.491 e. The molecule has 1 unspecified atom stereocenters. The molecule has 2 nitrogen and oxygen atoms in total. The van der Waals surface area contributed by atoms with E-state index in [4.69, 9.17) is 4.74 Å². The first kappa shape index (κ1) is 17.6. The summed E-state index contributed by atoms with van der Waals surface area (Å²) in [6, 6.07) is 6.25. The Morgan fingerprint density at radius 2 is 1.57 bits per heavy atom. The molecule has 0 radical (unpaired) electrons. The van der Waals surface area contributed by atoms with Crippen molar-refractivity contribution in [2.24, 2.45) is 5.92 Å². The summed E-state index contributed by atoms with van der Waals surface area (Å²) in [5.74, 6) is -3.68. The molecule has 21 heavy (non-hydrogen) atoms. The Hall–Kier alpha value is -1.44. The molecule has 0 aliphatic carbocycles. The van der Waals surface area contributed by atoms with Crippen LogP contribution in [0.2, 0.25) is 0 Å². The standard InChI is InChI=1S/C13H14F6O2/c1-2-8-5-3-4-6-10(8)21-7-9(20)11(12(14,15)16)13(17,18)19/h3-6,9,11,20H,2,7H2,1H3. The van der Waals surface area contributed by atoms with Crippen LogP contribution in [0.4, 0.5) is 26.3 Å². The molecular formula is C13H14F6O2. The quantitative estimate of drug-likeness (QED) is 0.839. The number of alkyl halides is 6. The maximum Gasteiger partial charge on any atom is 0.403 e. The van der Waals surface area contributed by atoms with E-state index in [9.17, 15) is 31.4 Å². The van der Waals surface area contributed by atoms with Crippen molar-refractivity contribution in [3.63, 3.8) is 0 Å². The third-order valence-electron chi connectivity index (χ3n) is 2.85. The molecule has 0 heterocycles. The maximum absolute atomic E-state index is 12.4. The number of aryl methyl sites for hydroxylation is 1. The fraction of sp³-hybridized carbons (Fsp3) is 0.538. The number of para-hydroxylation sites is 1. The summed E-state index contributed by atoms with van der Waals surface area (Å²) in [7, 11) is 0. The van der Waals surface area contributed by atoms with E-state index in [1.54, 1.807) is 19.1 Å². The van der Waals surface area contributed by atoms with Crippen LogP contribution >= 0.6 is 0 Å². The maximum atomic E-state index is 12.4. The highest BCUT2D eigenvalue weighted by Gasteiger charge is 2.60. The minimum Gasteiger partial charge on any atom is -0.491 e. The second-order valence-electron chi connectivity index (χ2n) is 4.40. The lowest BCUT2D eigenvalue weighted by Crippen LogP contribution is -2.47. The molecule has 0 aliphatic heterocycles. The van der Waals surface area contributed by atoms with Crippen molar-refractivity contribution in [2.75, 3.05) is 6.61 Å². The van der Waals surface area contributed by atoms with Crippen LogP contribution in [0.1, 0.15) is 12.5 Å². The summed E-state index contributed by atoms with van der Waals surface area (Å²) in [4.78, 5) is 0. The molecule has 1 aromatic rings. The van der Waals surface area contributed by atoms with Crippen LogP contribution < -0.4 is 4.74 Å². The fourth-order valence-corrected chi connectivity index (χ4v) is 1.83. The van der Waals surface area contributed by atoms with Gasteiger partial charge in [0, 0.05) is 0 Å². The van der Waals surface area contributed by atoms with Gasteiger partial charge in [-0.25, -0.2) is 0 Å². The molecule has 0 aliphatic rings. The van der Waals surface area contributed by atoms with Crippen molar-refractivity contribution < 1.29 is 36.2 Å². The van der Waals surface area contributed by atoms with E-state index >= 15 is 0 Å². The molecule has 1 aromatic carbocycles. The highest BCUT2D eigenvalue weighted by molar-refractivity contribution is 5.33. The zero-order valence-corrected chi connectivity index (χ0v) is 11.0. The van der Waals surface area contributed by atoms with Gasteiger partial charge in [0.25, 0.3) is 0 Å². The van der Waals surface area contributed by atoms with Gasteiger partial charge >= 0.3 is 12.4 Å². The first-order valence-corrected chi connectivity index (χ1v) is 6.09. The molecule has 0 fully saturated rings. The average Bonchev–Trinajstić information content (AvgIpc) is 2.33. The number of ether oxygens (including phenoxy) is 1. The van der Waals surface area contributed by atoms with E-state index in [-0.39, 0.29) is 5.75 Å². The average molecular weight is 316 g/mol. The van der Waals surface area contributed by atoms with Gasteiger partial charge in [0.05, 0.1) is 0 Å². The second kappa shape index (κ2) is 6.55. The van der Waals surface area contributed by atoms with Crippen molar-refractivity contribution in [3.8, 4) is 5.75 Å². The van der Waals surface area contributed by atoms with E-state index < -0.39 is 31.0 Å². The third-order valence-corrected chi connectivity index (χ3v) is 2.85. The Balaban J connectivity index is 2.81. The predicted molar refractivity (Wildman–Crippen MR) is 62.9 cm³/mol. The van der Waals surface area contributed by atoms with Crippen LogP contribution in [0, 0.1) is 5.92 Å². The van der Waals surface area contributed by atoms with Gasteiger partial charge in [-0.05, 0) is 18.1 Å². The van der Waals surface area contributed by atoms with Crippen LogP contribution in [0.25, 0.3) is 0 Å². The third kappa shape index (κ3) is 4.80. The smallest absolute Gasteiger partial charge is 0.403 e. The number of hydrogen-bond acceptors (Lipinski definition) is 2. The van der Waals surface area contributed by atoms with Crippen LogP contribution in [0.15, 0.2) is 24.3 Å². The highest BCUT2D eigenvalue weighted by Crippen LogP contribution is 2.41. The molecule has 1 N–H and O–H groups in total. The van der Waals surface area contributed by atoms with Crippen molar-refractivity contribution in [3.05, 3.63) is 29.8 Å². The Kier molecular flexibility index (Phi) is 5.49. The molecular weight excluding hydrogens is 302 g/mol. The molecule has 1 rings (SSSR count). The molecule has 0 bridgehead atoms. The van der Waals surface area contributed by atoms with Crippen LogP contribution in [-0.2, 0) is 6.42 Å². The first-order chi connectivity index (χ1) is 9.57. The van der Waals surface area contributed by atoms with Gasteiger partial charge in [-0.3, -0.25) is 0 Å². The van der Waals surface area contributed by atoms with Gasteiger partial charge < -0.3 is 9.84 Å². The van der Waals surface area contributed by atoms with E-state index in [2.05, 4.69) is 0 Å². The Bertz CT molecular complexity index is 441. The monoisotopic (exact) mass is 316 g/mol. The number of aliphatic hydroxyl groups excluding tert-OH is 1. The minimum absolute atomic E-state index is 0.155. The normalized spacial score (nSPS) is 14.3. The molecule has 0 aromatic heterocycles. The van der Waals surface area contributed by atoms with Gasteiger partial charge in [0.15, 0.2) is 5.92 Å². The SMILES string of the molecule is CCc1ccccc1OCC(O)C(C(F)(F)F)C(F)(F)F. The van der Waals surface area contributed by atoms with Gasteiger partial charge in [-0.2, -0.15) is 26.3 Å². The predicted octanol–water partition coefficient (Wildman–Crippen LogP) is 3.73. The van der Waals surface area contributed by atoms with Crippen molar-refractivity contribution in [1.29, 1.82) is 0 Å². The molecule has 0 amide bonds. The van der Waals surface area contributed by atoms with Crippen molar-refractivity contribution in [1.82, 2.24) is 0 Å². The van der Waals surface area contributed by atoms with E-state index in [0.717, 1.165) is 0 Å². The van der Waals surface area contributed by atoms with Crippen LogP contribution in [-0.4, -0.2) is 30.2 Å². The lowest BCUT2D eigenvalue weighted by molar-refractivity contribution is -0.308. The lowest BCUT2D eigenvalue weighted by Gasteiger charge is -2.27. The molecule has 0 spiro atoms. The molecule has 1 atom stereocenters. The summed E-state index contributed by atoms with van der Waals surface area (Å²) < 4.78 is 79.3. The fourth-order valence-electron chi connectivity index (χ4n) is 1.83. The molecule has 0 saturated carbocycles. The Morgan fingerprint density at radius 3 is 2.05 bits per heavy atom. The topological polar surface area (TPSA) is 29.5 Å². The van der Waals surface area contributed by atoms with Gasteiger partial charge in [0.2, 0.25) is 0 Å². The number of hydrogen-bond donors (Lipinski definition) is 1. The molecule has 0 saturated heterocycles. The summed E-state index contributed by atoms with van der Waals surface area (Å²) >= 11 is 0. The summed E-state index contributed by atoms with van der Waals surface area (Å²) in [5.41, 5.74) is 0.625. The summed E-state index contributed by atoms with van der Waals surface area (Å²) in [5, 5.41) is 9.24. The van der Waals surface area contributed by atoms with Crippen LogP contribution in [0.5, 0.6) is 5.75 Å². The summed E-state index contributed by atoms with van der Waals surface area (Å²) in [6.07, 6.45) is -13.4. The number of halogens is 6. The second-order valence-corrected chi connectivity index (χ2v) is 4.40. The van der Waals surface area contributed by atoms with Gasteiger partial charge in [-0.15, -0.1) is 0 Å². The number of rotatable bonds is 5. The van der Waals surface area contributed by atoms with E-state index in [1.165, 1.54) is 12.1 Å². The van der Waals surface area contributed by atoms with E-state index in [1.807, 2.05) is 0 Å². The number of benzene rings is 1. The first-order valence-electron chi connectivity index (χ1n) is 6.09.